The Bertz CT molecular complexity index is 652. The van der Waals surface area contributed by atoms with E-state index in [-0.39, 0.29) is 34.7 Å². The summed E-state index contributed by atoms with van der Waals surface area (Å²) >= 11 is 0. The summed E-state index contributed by atoms with van der Waals surface area (Å²) < 4.78 is 0. The predicted octanol–water partition coefficient (Wildman–Crippen LogP) is 2.67. The molecule has 3 fully saturated rings. The van der Waals surface area contributed by atoms with Crippen molar-refractivity contribution >= 4 is 11.6 Å². The molecule has 2 N–H and O–H groups in total. The second-order valence-electron chi connectivity index (χ2n) is 9.47. The first-order valence-electron chi connectivity index (χ1n) is 9.80. The van der Waals surface area contributed by atoms with Crippen LogP contribution in [0.25, 0.3) is 0 Å². The Balaban J connectivity index is 1.75. The van der Waals surface area contributed by atoms with Crippen molar-refractivity contribution in [1.82, 2.24) is 0 Å². The number of allylic oxidation sites excluding steroid dienone is 1. The van der Waals surface area contributed by atoms with E-state index in [2.05, 4.69) is 6.92 Å². The van der Waals surface area contributed by atoms with Gasteiger partial charge in [-0.3, -0.25) is 9.59 Å². The third kappa shape index (κ3) is 2.19. The Kier molecular flexibility index (Phi) is 3.83. The zero-order valence-electron chi connectivity index (χ0n) is 15.5. The summed E-state index contributed by atoms with van der Waals surface area (Å²) in [5.74, 6) is 0.654. The van der Waals surface area contributed by atoms with E-state index in [0.717, 1.165) is 19.3 Å². The number of carbonyl (C=O) groups excluding carboxylic acids is 2. The van der Waals surface area contributed by atoms with Crippen molar-refractivity contribution in [3.63, 3.8) is 0 Å². The number of fused-ring (bicyclic) bond motifs is 5. The van der Waals surface area contributed by atoms with Gasteiger partial charge in [-0.25, -0.2) is 0 Å². The van der Waals surface area contributed by atoms with Crippen LogP contribution in [0, 0.1) is 34.5 Å². The van der Waals surface area contributed by atoms with Gasteiger partial charge in [0.2, 0.25) is 0 Å². The predicted molar refractivity (Wildman–Crippen MR) is 93.7 cm³/mol. The molecule has 3 saturated carbocycles. The summed E-state index contributed by atoms with van der Waals surface area (Å²) in [7, 11) is 0. The number of rotatable bonds is 1. The van der Waals surface area contributed by atoms with E-state index in [4.69, 9.17) is 0 Å². The van der Waals surface area contributed by atoms with Crippen LogP contribution in [0.5, 0.6) is 0 Å². The fourth-order valence-electron chi connectivity index (χ4n) is 7.20. The van der Waals surface area contributed by atoms with Crippen molar-refractivity contribution in [2.75, 3.05) is 0 Å². The van der Waals surface area contributed by atoms with E-state index in [9.17, 15) is 19.8 Å². The monoisotopic (exact) mass is 346 g/mol. The quantitative estimate of drug-likeness (QED) is 0.765. The van der Waals surface area contributed by atoms with E-state index in [1.54, 1.807) is 6.92 Å². The normalized spacial score (nSPS) is 52.0. The molecule has 4 nitrogen and oxygen atoms in total. The highest BCUT2D eigenvalue weighted by Gasteiger charge is 2.65. The standard InChI is InChI=1S/C21H30O4/c1-11(22)15-9-17(24)19-14-5-4-12-8-13(23)6-7-20(12,2)16(14)10-18(25)21(15,19)3/h8,14-19,24-25H,4-7,9-10H2,1-3H3. The highest BCUT2D eigenvalue weighted by Crippen LogP contribution is 2.66. The van der Waals surface area contributed by atoms with Gasteiger partial charge in [-0.1, -0.05) is 19.4 Å². The lowest BCUT2D eigenvalue weighted by atomic mass is 9.45. The highest BCUT2D eigenvalue weighted by atomic mass is 16.3. The number of carbonyl (C=O) groups is 2. The van der Waals surface area contributed by atoms with Gasteiger partial charge in [0.25, 0.3) is 0 Å². The molecule has 4 aliphatic carbocycles. The van der Waals surface area contributed by atoms with Crippen LogP contribution in [0.2, 0.25) is 0 Å². The molecule has 138 valence electrons. The zero-order valence-corrected chi connectivity index (χ0v) is 15.5. The van der Waals surface area contributed by atoms with Gasteiger partial charge in [0, 0.05) is 17.8 Å². The van der Waals surface area contributed by atoms with Crippen molar-refractivity contribution in [2.24, 2.45) is 34.5 Å². The minimum absolute atomic E-state index is 0.0221. The lowest BCUT2D eigenvalue weighted by Gasteiger charge is -2.59. The van der Waals surface area contributed by atoms with Gasteiger partial charge in [0.1, 0.15) is 5.78 Å². The van der Waals surface area contributed by atoms with Crippen molar-refractivity contribution < 1.29 is 19.8 Å². The average molecular weight is 346 g/mol. The first-order chi connectivity index (χ1) is 11.7. The van der Waals surface area contributed by atoms with Gasteiger partial charge in [-0.15, -0.1) is 0 Å². The van der Waals surface area contributed by atoms with Crippen molar-refractivity contribution in [1.29, 1.82) is 0 Å². The second kappa shape index (κ2) is 5.50. The number of hydrogen-bond acceptors (Lipinski definition) is 4. The lowest BCUT2D eigenvalue weighted by Crippen LogP contribution is -2.58. The van der Waals surface area contributed by atoms with E-state index >= 15 is 0 Å². The van der Waals surface area contributed by atoms with E-state index in [1.807, 2.05) is 13.0 Å². The molecule has 4 heteroatoms. The summed E-state index contributed by atoms with van der Waals surface area (Å²) in [5.41, 5.74) is 0.679. The molecule has 4 rings (SSSR count). The van der Waals surface area contributed by atoms with Crippen LogP contribution >= 0.6 is 0 Å². The molecular weight excluding hydrogens is 316 g/mol. The molecule has 4 aliphatic rings. The van der Waals surface area contributed by atoms with Crippen LogP contribution in [-0.2, 0) is 9.59 Å². The summed E-state index contributed by atoms with van der Waals surface area (Å²) in [6, 6.07) is 0. The Morgan fingerprint density at radius 3 is 2.60 bits per heavy atom. The van der Waals surface area contributed by atoms with Gasteiger partial charge in [-0.05, 0) is 68.3 Å². The maximum Gasteiger partial charge on any atom is 0.155 e. The van der Waals surface area contributed by atoms with Crippen LogP contribution < -0.4 is 0 Å². The maximum atomic E-state index is 12.2. The van der Waals surface area contributed by atoms with Crippen molar-refractivity contribution in [3.05, 3.63) is 11.6 Å². The largest absolute Gasteiger partial charge is 0.393 e. The number of aliphatic hydroxyl groups excluding tert-OH is 2. The molecule has 0 amide bonds. The fraction of sp³-hybridized carbons (Fsp3) is 0.810. The maximum absolute atomic E-state index is 12.2. The third-order valence-electron chi connectivity index (χ3n) is 8.55. The molecule has 25 heavy (non-hydrogen) atoms. The number of aliphatic hydroxyl groups is 2. The summed E-state index contributed by atoms with van der Waals surface area (Å²) in [4.78, 5) is 24.1. The molecule has 8 unspecified atom stereocenters. The Hall–Kier alpha value is -1.00. The number of ketones is 2. The molecule has 8 atom stereocenters. The van der Waals surface area contributed by atoms with Crippen LogP contribution in [-0.4, -0.2) is 34.0 Å². The van der Waals surface area contributed by atoms with Gasteiger partial charge in [0.05, 0.1) is 12.2 Å². The topological polar surface area (TPSA) is 74.6 Å². The lowest BCUT2D eigenvalue weighted by molar-refractivity contribution is -0.157. The highest BCUT2D eigenvalue weighted by molar-refractivity contribution is 5.91. The minimum atomic E-state index is -0.571. The SMILES string of the molecule is CC(=O)C1CC(O)C2C3CCC4=CC(=O)CCC4(C)C3CC(O)C12C. The van der Waals surface area contributed by atoms with E-state index in [0.29, 0.717) is 25.2 Å². The van der Waals surface area contributed by atoms with Gasteiger partial charge in [-0.2, -0.15) is 0 Å². The summed E-state index contributed by atoms with van der Waals surface area (Å²) in [5, 5.41) is 22.0. The molecule has 0 heterocycles. The second-order valence-corrected chi connectivity index (χ2v) is 9.47. The molecule has 0 spiro atoms. The Morgan fingerprint density at radius 1 is 1.20 bits per heavy atom. The van der Waals surface area contributed by atoms with Crippen LogP contribution in [0.15, 0.2) is 11.6 Å². The first-order valence-corrected chi connectivity index (χ1v) is 9.80. The van der Waals surface area contributed by atoms with E-state index in [1.165, 1.54) is 5.57 Å². The van der Waals surface area contributed by atoms with E-state index < -0.39 is 17.6 Å². The molecule has 0 bridgehead atoms. The summed E-state index contributed by atoms with van der Waals surface area (Å²) in [6.45, 7) is 5.87. The fourth-order valence-corrected chi connectivity index (χ4v) is 7.20. The minimum Gasteiger partial charge on any atom is -0.393 e. The van der Waals surface area contributed by atoms with Gasteiger partial charge < -0.3 is 10.2 Å². The number of Topliss-reactive ketones (excluding diaryl/α,β-unsaturated/α-hetero) is 1. The van der Waals surface area contributed by atoms with Gasteiger partial charge in [0.15, 0.2) is 5.78 Å². The molecule has 0 aromatic rings. The smallest absolute Gasteiger partial charge is 0.155 e. The summed E-state index contributed by atoms with van der Waals surface area (Å²) in [6.07, 6.45) is 5.21. The molecule has 0 saturated heterocycles. The third-order valence-corrected chi connectivity index (χ3v) is 8.55. The molecule has 0 aromatic heterocycles. The Labute approximate surface area is 149 Å². The number of hydrogen-bond donors (Lipinski definition) is 2. The van der Waals surface area contributed by atoms with Crippen molar-refractivity contribution in [3.8, 4) is 0 Å². The van der Waals surface area contributed by atoms with Crippen LogP contribution in [0.3, 0.4) is 0 Å². The molecule has 0 radical (unpaired) electrons. The van der Waals surface area contributed by atoms with Crippen LogP contribution in [0.1, 0.15) is 59.3 Å². The molecule has 0 aromatic carbocycles. The average Bonchev–Trinajstić information content (AvgIpc) is 2.82. The Morgan fingerprint density at radius 2 is 1.92 bits per heavy atom. The zero-order chi connectivity index (χ0) is 18.1. The van der Waals surface area contributed by atoms with Gasteiger partial charge >= 0.3 is 0 Å². The van der Waals surface area contributed by atoms with Crippen molar-refractivity contribution in [2.45, 2.75) is 71.5 Å². The molecular formula is C21H30O4. The molecule has 0 aliphatic heterocycles. The first kappa shape index (κ1) is 17.4. The van der Waals surface area contributed by atoms with Crippen LogP contribution in [0.4, 0.5) is 0 Å².